The number of phenolic OH excluding ortho intramolecular Hbond substituents is 4. The fourth-order valence-electron chi connectivity index (χ4n) is 3.19. The molecule has 4 N–H and O–H groups in total. The van der Waals surface area contributed by atoms with E-state index >= 15 is 0 Å². The highest BCUT2D eigenvalue weighted by Crippen LogP contribution is 2.25. The quantitative estimate of drug-likeness (QED) is 0.632. The van der Waals surface area contributed by atoms with Crippen LogP contribution < -0.4 is 0 Å². The molecule has 3 rings (SSSR count). The molecule has 1 aliphatic carbocycles. The van der Waals surface area contributed by atoms with Crippen molar-refractivity contribution in [1.82, 2.24) is 0 Å². The lowest BCUT2D eigenvalue weighted by Gasteiger charge is -2.25. The van der Waals surface area contributed by atoms with Crippen molar-refractivity contribution in [3.63, 3.8) is 0 Å². The van der Waals surface area contributed by atoms with Gasteiger partial charge < -0.3 is 20.4 Å². The molecule has 0 spiro atoms. The molecule has 1 saturated carbocycles. The van der Waals surface area contributed by atoms with Gasteiger partial charge in [0.15, 0.2) is 0 Å². The molecule has 2 atom stereocenters. The van der Waals surface area contributed by atoms with Crippen molar-refractivity contribution in [2.45, 2.75) is 37.8 Å². The van der Waals surface area contributed by atoms with E-state index in [1.165, 1.54) is 12.1 Å². The number of phenols is 4. The summed E-state index contributed by atoms with van der Waals surface area (Å²) in [5.41, 5.74) is 1.27. The molecule has 0 saturated heterocycles. The fraction of sp³-hybridized carbons (Fsp3) is 0.300. The summed E-state index contributed by atoms with van der Waals surface area (Å²) in [6.45, 7) is 0. The zero-order valence-corrected chi connectivity index (χ0v) is 14.3. The Kier molecular flexibility index (Phi) is 5.41. The highest BCUT2D eigenvalue weighted by Gasteiger charge is 2.23. The van der Waals surface area contributed by atoms with Crippen LogP contribution in [-0.2, 0) is 0 Å². The minimum absolute atomic E-state index is 0.00615. The molecule has 2 aromatic carbocycles. The Balaban J connectivity index is 1.75. The maximum absolute atomic E-state index is 9.55. The van der Waals surface area contributed by atoms with Crippen LogP contribution in [0.3, 0.4) is 0 Å². The summed E-state index contributed by atoms with van der Waals surface area (Å²) >= 11 is 0. The summed E-state index contributed by atoms with van der Waals surface area (Å²) < 4.78 is 0. The lowest BCUT2D eigenvalue weighted by atomic mass is 9.91. The van der Waals surface area contributed by atoms with E-state index in [1.54, 1.807) is 36.7 Å². The van der Waals surface area contributed by atoms with Gasteiger partial charge >= 0.3 is 0 Å². The van der Waals surface area contributed by atoms with Crippen LogP contribution in [0, 0.1) is 0 Å². The average Bonchev–Trinajstić information content (AvgIpc) is 2.57. The predicted octanol–water partition coefficient (Wildman–Crippen LogP) is 3.36. The first-order valence-electron chi connectivity index (χ1n) is 8.62. The van der Waals surface area contributed by atoms with Crippen molar-refractivity contribution < 1.29 is 20.4 Å². The van der Waals surface area contributed by atoms with Gasteiger partial charge in [-0.05, 0) is 48.2 Å². The number of rotatable bonds is 4. The molecule has 0 unspecified atom stereocenters. The van der Waals surface area contributed by atoms with E-state index in [0.29, 0.717) is 11.1 Å². The van der Waals surface area contributed by atoms with Gasteiger partial charge in [0.25, 0.3) is 0 Å². The van der Waals surface area contributed by atoms with Crippen molar-refractivity contribution in [2.24, 2.45) is 9.98 Å². The van der Waals surface area contributed by atoms with Gasteiger partial charge in [0.1, 0.15) is 23.0 Å². The molecule has 136 valence electrons. The molecular formula is C20H22N2O4. The van der Waals surface area contributed by atoms with E-state index < -0.39 is 0 Å². The topological polar surface area (TPSA) is 106 Å². The molecule has 6 nitrogen and oxygen atoms in total. The monoisotopic (exact) mass is 354 g/mol. The Labute approximate surface area is 151 Å². The maximum atomic E-state index is 9.55. The molecule has 0 aliphatic heterocycles. The molecule has 0 aromatic heterocycles. The third kappa shape index (κ3) is 4.75. The van der Waals surface area contributed by atoms with Crippen LogP contribution in [0.25, 0.3) is 0 Å². The standard InChI is InChI=1S/C20H22N2O4/c23-15-5-13(6-16(24)9-15)11-21-19-3-1-2-4-20(19)22-12-14-7-17(25)10-18(26)8-14/h5-12,19-20,23-26H,1-4H2/t19-,20-/m0/s1. The van der Waals surface area contributed by atoms with Gasteiger partial charge in [0.05, 0.1) is 12.1 Å². The molecule has 26 heavy (non-hydrogen) atoms. The Bertz CT molecular complexity index is 723. The van der Waals surface area contributed by atoms with Gasteiger partial charge in [0.2, 0.25) is 0 Å². The Morgan fingerprint density at radius 2 is 0.962 bits per heavy atom. The van der Waals surface area contributed by atoms with Gasteiger partial charge in [-0.3, -0.25) is 9.98 Å². The largest absolute Gasteiger partial charge is 0.508 e. The first-order valence-corrected chi connectivity index (χ1v) is 8.62. The van der Waals surface area contributed by atoms with Gasteiger partial charge in [0, 0.05) is 24.6 Å². The molecule has 0 amide bonds. The summed E-state index contributed by atoms with van der Waals surface area (Å²) in [5, 5.41) is 38.2. The summed E-state index contributed by atoms with van der Waals surface area (Å²) in [5.74, 6) is -0.0246. The predicted molar refractivity (Wildman–Crippen MR) is 101 cm³/mol. The van der Waals surface area contributed by atoms with E-state index in [1.807, 2.05) is 0 Å². The Hall–Kier alpha value is -3.02. The molecule has 0 bridgehead atoms. The normalized spacial score (nSPS) is 20.8. The second-order valence-electron chi connectivity index (χ2n) is 6.54. The number of hydrogen-bond donors (Lipinski definition) is 4. The first kappa shape index (κ1) is 17.8. The number of aromatic hydroxyl groups is 4. The zero-order valence-electron chi connectivity index (χ0n) is 14.3. The zero-order chi connectivity index (χ0) is 18.5. The molecule has 0 radical (unpaired) electrons. The summed E-state index contributed by atoms with van der Waals surface area (Å²) in [6, 6.07) is 8.73. The van der Waals surface area contributed by atoms with Crippen LogP contribution >= 0.6 is 0 Å². The number of nitrogens with zero attached hydrogens (tertiary/aromatic N) is 2. The maximum Gasteiger partial charge on any atom is 0.119 e. The van der Waals surface area contributed by atoms with Crippen molar-refractivity contribution in [1.29, 1.82) is 0 Å². The highest BCUT2D eigenvalue weighted by molar-refractivity contribution is 5.82. The fourth-order valence-corrected chi connectivity index (χ4v) is 3.19. The average molecular weight is 354 g/mol. The van der Waals surface area contributed by atoms with Gasteiger partial charge in [-0.25, -0.2) is 0 Å². The second-order valence-corrected chi connectivity index (χ2v) is 6.54. The Morgan fingerprint density at radius 1 is 0.615 bits per heavy atom. The minimum Gasteiger partial charge on any atom is -0.508 e. The van der Waals surface area contributed by atoms with E-state index in [4.69, 9.17) is 0 Å². The molecule has 2 aromatic rings. The second kappa shape index (κ2) is 7.91. The van der Waals surface area contributed by atoms with Crippen LogP contribution in [0.4, 0.5) is 0 Å². The minimum atomic E-state index is -0.00615. The SMILES string of the molecule is Oc1cc(O)cc(C=N[C@H]2CCCC[C@@H]2N=Cc2cc(O)cc(O)c2)c1. The van der Waals surface area contributed by atoms with Crippen molar-refractivity contribution in [3.05, 3.63) is 47.5 Å². The summed E-state index contributed by atoms with van der Waals surface area (Å²) in [7, 11) is 0. The van der Waals surface area contributed by atoms with Crippen molar-refractivity contribution in [2.75, 3.05) is 0 Å². The third-order valence-corrected chi connectivity index (χ3v) is 4.37. The van der Waals surface area contributed by atoms with Crippen molar-refractivity contribution in [3.8, 4) is 23.0 Å². The molecule has 1 aliphatic rings. The van der Waals surface area contributed by atoms with Gasteiger partial charge in [-0.2, -0.15) is 0 Å². The van der Waals surface area contributed by atoms with Crippen LogP contribution in [0.2, 0.25) is 0 Å². The third-order valence-electron chi connectivity index (χ3n) is 4.37. The lowest BCUT2D eigenvalue weighted by molar-refractivity contribution is 0.390. The number of aliphatic imine (C=N–C) groups is 2. The highest BCUT2D eigenvalue weighted by atomic mass is 16.3. The molecule has 0 heterocycles. The van der Waals surface area contributed by atoms with Gasteiger partial charge in [-0.1, -0.05) is 12.8 Å². The first-order chi connectivity index (χ1) is 12.5. The molecule has 1 fully saturated rings. The summed E-state index contributed by atoms with van der Waals surface area (Å²) in [6.07, 6.45) is 7.28. The van der Waals surface area contributed by atoms with Crippen LogP contribution in [0.5, 0.6) is 23.0 Å². The van der Waals surface area contributed by atoms with Crippen LogP contribution in [0.15, 0.2) is 46.4 Å². The van der Waals surface area contributed by atoms with E-state index in [0.717, 1.165) is 25.7 Å². The van der Waals surface area contributed by atoms with E-state index in [-0.39, 0.29) is 35.1 Å². The number of benzene rings is 2. The smallest absolute Gasteiger partial charge is 0.119 e. The van der Waals surface area contributed by atoms with E-state index in [9.17, 15) is 20.4 Å². The van der Waals surface area contributed by atoms with Crippen LogP contribution in [-0.4, -0.2) is 44.9 Å². The molecular weight excluding hydrogens is 332 g/mol. The van der Waals surface area contributed by atoms with Crippen molar-refractivity contribution >= 4 is 12.4 Å². The molecule has 6 heteroatoms. The van der Waals surface area contributed by atoms with Gasteiger partial charge in [-0.15, -0.1) is 0 Å². The lowest BCUT2D eigenvalue weighted by Crippen LogP contribution is -2.27. The van der Waals surface area contributed by atoms with Crippen LogP contribution in [0.1, 0.15) is 36.8 Å². The Morgan fingerprint density at radius 3 is 1.31 bits per heavy atom. The number of hydrogen-bond acceptors (Lipinski definition) is 6. The summed E-state index contributed by atoms with van der Waals surface area (Å²) in [4.78, 5) is 9.21. The van der Waals surface area contributed by atoms with E-state index in [2.05, 4.69) is 9.98 Å².